The Morgan fingerprint density at radius 1 is 1.13 bits per heavy atom. The Hall–Kier alpha value is -3.13. The number of nitrogens with zero attached hydrogens (tertiary/aromatic N) is 4. The second-order valence-electron chi connectivity index (χ2n) is 7.79. The maximum absolute atomic E-state index is 14.8. The summed E-state index contributed by atoms with van der Waals surface area (Å²) in [7, 11) is 0. The van der Waals surface area contributed by atoms with Crippen LogP contribution in [0, 0.1) is 11.7 Å². The monoisotopic (exact) mass is 409 g/mol. The van der Waals surface area contributed by atoms with Gasteiger partial charge in [0.1, 0.15) is 5.82 Å². The number of amides is 1. The van der Waals surface area contributed by atoms with Gasteiger partial charge in [-0.2, -0.15) is 0 Å². The van der Waals surface area contributed by atoms with Gasteiger partial charge < -0.3 is 10.6 Å². The molecule has 1 fully saturated rings. The highest BCUT2D eigenvalue weighted by atomic mass is 19.1. The van der Waals surface area contributed by atoms with Crippen molar-refractivity contribution >= 4 is 5.91 Å². The molecule has 0 radical (unpaired) electrons. The summed E-state index contributed by atoms with van der Waals surface area (Å²) in [6.45, 7) is 2.02. The van der Waals surface area contributed by atoms with E-state index in [4.69, 9.17) is 5.73 Å². The van der Waals surface area contributed by atoms with E-state index in [1.807, 2.05) is 24.3 Å². The number of halogens is 1. The normalized spacial score (nSPS) is 20.0. The Kier molecular flexibility index (Phi) is 6.13. The molecule has 0 bridgehead atoms. The van der Waals surface area contributed by atoms with E-state index in [9.17, 15) is 9.18 Å². The first-order valence-corrected chi connectivity index (χ1v) is 10.3. The number of nitrogens with two attached hydrogens (primary N) is 1. The number of rotatable bonds is 7. The Labute approximate surface area is 174 Å². The molecular formula is C22H26FN6O+. The largest absolute Gasteiger partial charge is 0.369 e. The number of hydrogen-bond donors (Lipinski definition) is 2. The molecule has 3 aromatic rings. The van der Waals surface area contributed by atoms with Crippen molar-refractivity contribution in [3.05, 3.63) is 77.4 Å². The molecule has 4 rings (SSSR count). The van der Waals surface area contributed by atoms with Crippen LogP contribution in [-0.2, 0) is 17.8 Å². The number of piperidine rings is 1. The van der Waals surface area contributed by atoms with E-state index >= 15 is 0 Å². The molecule has 0 unspecified atom stereocenters. The lowest BCUT2D eigenvalue weighted by atomic mass is 9.93. The minimum atomic E-state index is -0.342. The Morgan fingerprint density at radius 2 is 1.83 bits per heavy atom. The van der Waals surface area contributed by atoms with E-state index in [-0.39, 0.29) is 23.7 Å². The highest BCUT2D eigenvalue weighted by molar-refractivity contribution is 5.76. The van der Waals surface area contributed by atoms with E-state index in [0.29, 0.717) is 43.9 Å². The Bertz CT molecular complexity index is 984. The van der Waals surface area contributed by atoms with Crippen LogP contribution in [-0.4, -0.2) is 39.2 Å². The average molecular weight is 409 g/mol. The SMILES string of the molecule is NC(=O)C1CC[NH+]([C@@H](c2ccccc2F)c2nnnn2CCc2ccccc2)CC1. The summed E-state index contributed by atoms with van der Waals surface area (Å²) in [5.74, 6) is -0.0125. The second kappa shape index (κ2) is 9.13. The molecule has 1 amide bonds. The lowest BCUT2D eigenvalue weighted by Crippen LogP contribution is -3.13. The minimum absolute atomic E-state index is 0.121. The number of hydrogen-bond acceptors (Lipinski definition) is 4. The van der Waals surface area contributed by atoms with Gasteiger partial charge in [0.2, 0.25) is 11.7 Å². The van der Waals surface area contributed by atoms with Gasteiger partial charge in [0.05, 0.1) is 18.7 Å². The van der Waals surface area contributed by atoms with Gasteiger partial charge in [0, 0.05) is 25.3 Å². The van der Waals surface area contributed by atoms with Crippen LogP contribution in [0.25, 0.3) is 0 Å². The van der Waals surface area contributed by atoms with E-state index in [1.165, 1.54) is 11.6 Å². The van der Waals surface area contributed by atoms with Crippen molar-refractivity contribution < 1.29 is 14.1 Å². The predicted octanol–water partition coefficient (Wildman–Crippen LogP) is 0.925. The molecule has 1 aliphatic rings. The van der Waals surface area contributed by atoms with Crippen LogP contribution in [0.15, 0.2) is 54.6 Å². The first kappa shape index (κ1) is 20.2. The van der Waals surface area contributed by atoms with Crippen LogP contribution in [0.2, 0.25) is 0 Å². The number of quaternary nitrogens is 1. The van der Waals surface area contributed by atoms with Crippen molar-refractivity contribution in [2.24, 2.45) is 11.7 Å². The summed E-state index contributed by atoms with van der Waals surface area (Å²) in [6.07, 6.45) is 2.14. The molecule has 1 aromatic heterocycles. The zero-order valence-electron chi connectivity index (χ0n) is 16.7. The van der Waals surface area contributed by atoms with E-state index in [2.05, 4.69) is 27.7 Å². The fourth-order valence-corrected chi connectivity index (χ4v) is 4.27. The van der Waals surface area contributed by atoms with Crippen molar-refractivity contribution in [1.82, 2.24) is 20.2 Å². The fraction of sp³-hybridized carbons (Fsp3) is 0.364. The molecule has 2 heterocycles. The Morgan fingerprint density at radius 3 is 2.53 bits per heavy atom. The van der Waals surface area contributed by atoms with Crippen LogP contribution >= 0.6 is 0 Å². The van der Waals surface area contributed by atoms with Crippen LogP contribution < -0.4 is 10.6 Å². The zero-order valence-corrected chi connectivity index (χ0v) is 16.7. The lowest BCUT2D eigenvalue weighted by Gasteiger charge is -2.33. The van der Waals surface area contributed by atoms with Crippen molar-refractivity contribution in [2.75, 3.05) is 13.1 Å². The first-order chi connectivity index (χ1) is 14.6. The van der Waals surface area contributed by atoms with Crippen LogP contribution in [0.5, 0.6) is 0 Å². The summed E-state index contributed by atoms with van der Waals surface area (Å²) >= 11 is 0. The van der Waals surface area contributed by atoms with Crippen LogP contribution in [0.4, 0.5) is 4.39 Å². The number of carbonyl (C=O) groups is 1. The number of likely N-dealkylation sites (tertiary alicyclic amines) is 1. The summed E-state index contributed by atoms with van der Waals surface area (Å²) in [6, 6.07) is 16.6. The summed E-state index contributed by atoms with van der Waals surface area (Å²) in [5.41, 5.74) is 7.25. The standard InChI is InChI=1S/C22H25FN6O/c23-19-9-5-4-8-18(19)20(28-13-11-17(12-14-28)21(24)30)22-25-26-27-29(22)15-10-16-6-2-1-3-7-16/h1-9,17,20H,10-15H2,(H2,24,30)/p+1/t20-/m0/s1. The van der Waals surface area contributed by atoms with Crippen molar-refractivity contribution in [2.45, 2.75) is 31.8 Å². The maximum Gasteiger partial charge on any atom is 0.220 e. The minimum Gasteiger partial charge on any atom is -0.369 e. The molecule has 1 saturated heterocycles. The van der Waals surface area contributed by atoms with Gasteiger partial charge in [-0.1, -0.05) is 42.5 Å². The zero-order chi connectivity index (χ0) is 20.9. The number of primary amides is 1. The third kappa shape index (κ3) is 4.38. The second-order valence-corrected chi connectivity index (χ2v) is 7.79. The molecule has 7 nitrogen and oxygen atoms in total. The first-order valence-electron chi connectivity index (χ1n) is 10.3. The summed E-state index contributed by atoms with van der Waals surface area (Å²) < 4.78 is 16.6. The smallest absolute Gasteiger partial charge is 0.220 e. The quantitative estimate of drug-likeness (QED) is 0.607. The van der Waals surface area contributed by atoms with Crippen LogP contribution in [0.3, 0.4) is 0 Å². The van der Waals surface area contributed by atoms with Crippen molar-refractivity contribution in [3.8, 4) is 0 Å². The molecule has 0 saturated carbocycles. The molecule has 30 heavy (non-hydrogen) atoms. The maximum atomic E-state index is 14.8. The molecule has 0 aliphatic carbocycles. The number of benzene rings is 2. The average Bonchev–Trinajstić information content (AvgIpc) is 3.23. The van der Waals surface area contributed by atoms with Gasteiger partial charge in [0.25, 0.3) is 0 Å². The highest BCUT2D eigenvalue weighted by Gasteiger charge is 2.37. The third-order valence-corrected chi connectivity index (χ3v) is 5.93. The third-order valence-electron chi connectivity index (χ3n) is 5.93. The number of aryl methyl sites for hydroxylation is 2. The van der Waals surface area contributed by atoms with Gasteiger partial charge in [-0.15, -0.1) is 5.10 Å². The highest BCUT2D eigenvalue weighted by Crippen LogP contribution is 2.22. The number of tetrazole rings is 1. The lowest BCUT2D eigenvalue weighted by molar-refractivity contribution is -0.932. The molecule has 2 aromatic carbocycles. The number of nitrogens with one attached hydrogen (secondary N) is 1. The van der Waals surface area contributed by atoms with Crippen molar-refractivity contribution in [1.29, 1.82) is 0 Å². The number of carbonyl (C=O) groups excluding carboxylic acids is 1. The fourth-order valence-electron chi connectivity index (χ4n) is 4.27. The molecular weight excluding hydrogens is 383 g/mol. The van der Waals surface area contributed by atoms with E-state index in [0.717, 1.165) is 11.3 Å². The molecule has 8 heteroatoms. The van der Waals surface area contributed by atoms with Gasteiger partial charge in [-0.25, -0.2) is 9.07 Å². The molecule has 0 spiro atoms. The summed E-state index contributed by atoms with van der Waals surface area (Å²) in [5, 5.41) is 12.4. The van der Waals surface area contributed by atoms with Gasteiger partial charge >= 0.3 is 0 Å². The summed E-state index contributed by atoms with van der Waals surface area (Å²) in [4.78, 5) is 12.7. The molecule has 1 aliphatic heterocycles. The number of aromatic nitrogens is 4. The van der Waals surface area contributed by atoms with Gasteiger partial charge in [0.15, 0.2) is 6.04 Å². The topological polar surface area (TPSA) is 91.1 Å². The van der Waals surface area contributed by atoms with E-state index in [1.54, 1.807) is 16.8 Å². The predicted molar refractivity (Wildman–Crippen MR) is 109 cm³/mol. The molecule has 3 N–H and O–H groups in total. The molecule has 1 atom stereocenters. The van der Waals surface area contributed by atoms with E-state index < -0.39 is 0 Å². The van der Waals surface area contributed by atoms with Gasteiger partial charge in [-0.05, 0) is 34.5 Å². The van der Waals surface area contributed by atoms with Gasteiger partial charge in [-0.3, -0.25) is 4.79 Å². The Balaban J connectivity index is 1.62. The van der Waals surface area contributed by atoms with Crippen LogP contribution in [0.1, 0.15) is 35.8 Å². The molecule has 156 valence electrons. The van der Waals surface area contributed by atoms with Crippen molar-refractivity contribution in [3.63, 3.8) is 0 Å².